The lowest BCUT2D eigenvalue weighted by atomic mass is 9.72. The van der Waals surface area contributed by atoms with Crippen molar-refractivity contribution in [2.75, 3.05) is 7.11 Å². The van der Waals surface area contributed by atoms with Gasteiger partial charge in [-0.05, 0) is 201 Å². The molecule has 0 saturated heterocycles. The van der Waals surface area contributed by atoms with Crippen LogP contribution in [0.3, 0.4) is 0 Å². The van der Waals surface area contributed by atoms with Crippen LogP contribution >= 0.6 is 0 Å². The molecule has 2 fully saturated rings. The maximum Gasteiger partial charge on any atom is 0.343 e. The zero-order valence-corrected chi connectivity index (χ0v) is 44.5. The van der Waals surface area contributed by atoms with Crippen LogP contribution in [0.1, 0.15) is 144 Å². The molecule has 0 aromatic heterocycles. The second-order valence-electron chi connectivity index (χ2n) is 20.7. The predicted octanol–water partition coefficient (Wildman–Crippen LogP) is 16.0. The highest BCUT2D eigenvalue weighted by molar-refractivity contribution is 5.95. The molecule has 0 heterocycles. The molecule has 77 heavy (non-hydrogen) atoms. The Balaban J connectivity index is 0.739. The molecule has 388 valence electrons. The molecule has 0 bridgehead atoms. The number of carbonyl (C=O) groups is 4. The Morgan fingerprint density at radius 3 is 0.935 bits per heavy atom. The van der Waals surface area contributed by atoms with E-state index in [9.17, 15) is 19.2 Å². The van der Waals surface area contributed by atoms with Gasteiger partial charge in [-0.2, -0.15) is 0 Å². The number of ether oxygens (including phenoxy) is 5. The lowest BCUT2D eigenvalue weighted by molar-refractivity contribution is 0.0724. The third kappa shape index (κ3) is 10.8. The number of methoxy groups -OCH3 is 1. The summed E-state index contributed by atoms with van der Waals surface area (Å²) in [6.45, 7) is 9.53. The van der Waals surface area contributed by atoms with Crippen LogP contribution in [0.25, 0.3) is 11.1 Å². The fourth-order valence-corrected chi connectivity index (χ4v) is 11.4. The molecule has 0 unspecified atom stereocenters. The molecule has 8 aromatic carbocycles. The van der Waals surface area contributed by atoms with Crippen molar-refractivity contribution in [1.82, 2.24) is 0 Å². The minimum absolute atomic E-state index is 0.0145. The van der Waals surface area contributed by atoms with Gasteiger partial charge in [-0.1, -0.05) is 111 Å². The molecule has 0 N–H and O–H groups in total. The Morgan fingerprint density at radius 1 is 0.364 bits per heavy atom. The molecule has 0 amide bonds. The highest BCUT2D eigenvalue weighted by Crippen LogP contribution is 2.49. The van der Waals surface area contributed by atoms with Crippen molar-refractivity contribution in [3.05, 3.63) is 237 Å². The summed E-state index contributed by atoms with van der Waals surface area (Å²) < 4.78 is 29.4. The van der Waals surface area contributed by atoms with Crippen molar-refractivity contribution in [2.45, 2.75) is 96.8 Å². The van der Waals surface area contributed by atoms with E-state index in [1.807, 2.05) is 63.2 Å². The molecule has 9 heteroatoms. The summed E-state index contributed by atoms with van der Waals surface area (Å²) in [5, 5.41) is 0. The highest BCUT2D eigenvalue weighted by atomic mass is 16.5. The number of Topliss-reactive ketones (excluding diaryl/α,β-unsaturated/α-hetero) is 1. The van der Waals surface area contributed by atoms with E-state index in [4.69, 9.17) is 23.7 Å². The number of ketones is 1. The van der Waals surface area contributed by atoms with Crippen LogP contribution in [-0.2, 0) is 10.8 Å². The standard InChI is InChI=1S/C68H62O9/c1-43-39-54(23-31-60(43)73-6)67(35-7-8-36-67)55-24-33-62(45(3)40-55)76-65(71)52-19-27-58(28-20-52)74-59-29-21-53(22-30-59)66(72)77-63-34-26-57(42-46(63)4)68(37-9-10-38-68)56-25-32-61(44(2)41-56)75-64(70)51-17-15-50(16-18-51)49-13-11-48(12-14-49)47(5)69/h11-34,39-42H,7-10,35-38H2,1-6H3. The third-order valence-electron chi connectivity index (χ3n) is 15.8. The first-order chi connectivity index (χ1) is 37.2. The summed E-state index contributed by atoms with van der Waals surface area (Å²) in [6.07, 6.45) is 8.51. The maximum absolute atomic E-state index is 13.5. The third-order valence-corrected chi connectivity index (χ3v) is 15.8. The number of benzene rings is 8. The Bertz CT molecular complexity index is 3510. The lowest BCUT2D eigenvalue weighted by Gasteiger charge is -2.31. The fourth-order valence-electron chi connectivity index (χ4n) is 11.4. The van der Waals surface area contributed by atoms with E-state index in [1.165, 1.54) is 11.1 Å². The van der Waals surface area contributed by atoms with Crippen molar-refractivity contribution in [3.63, 3.8) is 0 Å². The van der Waals surface area contributed by atoms with E-state index in [-0.39, 0.29) is 16.6 Å². The molecular weight excluding hydrogens is 961 g/mol. The van der Waals surface area contributed by atoms with E-state index < -0.39 is 17.9 Å². The molecule has 0 aliphatic heterocycles. The lowest BCUT2D eigenvalue weighted by Crippen LogP contribution is -2.24. The monoisotopic (exact) mass is 1020 g/mol. The van der Waals surface area contributed by atoms with Gasteiger partial charge in [0.25, 0.3) is 0 Å². The summed E-state index contributed by atoms with van der Waals surface area (Å²) >= 11 is 0. The molecule has 9 nitrogen and oxygen atoms in total. The van der Waals surface area contributed by atoms with Gasteiger partial charge in [0.2, 0.25) is 0 Å². The summed E-state index contributed by atoms with van der Waals surface area (Å²) in [6, 6.07) is 53.0. The molecule has 2 aliphatic rings. The van der Waals surface area contributed by atoms with Crippen LogP contribution < -0.4 is 23.7 Å². The van der Waals surface area contributed by atoms with Gasteiger partial charge in [-0.25, -0.2) is 14.4 Å². The number of hydrogen-bond acceptors (Lipinski definition) is 9. The predicted molar refractivity (Wildman–Crippen MR) is 299 cm³/mol. The molecule has 10 rings (SSSR count). The van der Waals surface area contributed by atoms with Crippen LogP contribution in [-0.4, -0.2) is 30.8 Å². The normalized spacial score (nSPS) is 14.4. The average Bonchev–Trinajstić information content (AvgIpc) is 4.16. The van der Waals surface area contributed by atoms with Crippen LogP contribution in [0, 0.1) is 27.7 Å². The van der Waals surface area contributed by atoms with E-state index >= 15 is 0 Å². The van der Waals surface area contributed by atoms with Gasteiger partial charge < -0.3 is 23.7 Å². The Labute approximate surface area is 450 Å². The first-order valence-electron chi connectivity index (χ1n) is 26.5. The van der Waals surface area contributed by atoms with Gasteiger partial charge in [0.1, 0.15) is 34.5 Å². The van der Waals surface area contributed by atoms with Gasteiger partial charge in [-0.3, -0.25) is 4.79 Å². The minimum atomic E-state index is -0.488. The van der Waals surface area contributed by atoms with Crippen molar-refractivity contribution in [2.24, 2.45) is 0 Å². The number of rotatable bonds is 15. The molecule has 0 spiro atoms. The van der Waals surface area contributed by atoms with Gasteiger partial charge in [0.05, 0.1) is 23.8 Å². The maximum atomic E-state index is 13.5. The van der Waals surface area contributed by atoms with E-state index in [0.29, 0.717) is 51.0 Å². The molecule has 0 radical (unpaired) electrons. The SMILES string of the molecule is COc1ccc(C2(c3ccc(OC(=O)c4ccc(Oc5ccc(C(=O)Oc6ccc(C7(c8ccc(OC(=O)c9ccc(-c%10ccc(C(C)=O)cc%10)cc9)c(C)c8)CCCC7)cc6C)cc5)cc4)c(C)c3)CCCC2)cc1C. The number of hydrogen-bond donors (Lipinski definition) is 0. The number of aryl methyl sites for hydroxylation is 4. The van der Waals surface area contributed by atoms with Gasteiger partial charge >= 0.3 is 17.9 Å². The smallest absolute Gasteiger partial charge is 0.343 e. The van der Waals surface area contributed by atoms with Gasteiger partial charge in [-0.15, -0.1) is 0 Å². The molecular formula is C68H62O9. The second-order valence-corrected chi connectivity index (χ2v) is 20.7. The van der Waals surface area contributed by atoms with Crippen molar-refractivity contribution in [3.8, 4) is 45.6 Å². The summed E-state index contributed by atoms with van der Waals surface area (Å²) in [5.41, 5.74) is 11.9. The number of esters is 3. The van der Waals surface area contributed by atoms with Crippen LogP contribution in [0.15, 0.2) is 170 Å². The van der Waals surface area contributed by atoms with Crippen LogP contribution in [0.5, 0.6) is 34.5 Å². The number of carbonyl (C=O) groups excluding carboxylic acids is 4. The zero-order chi connectivity index (χ0) is 53.8. The van der Waals surface area contributed by atoms with Gasteiger partial charge in [0, 0.05) is 16.4 Å². The summed E-state index contributed by atoms with van der Waals surface area (Å²) in [4.78, 5) is 51.8. The minimum Gasteiger partial charge on any atom is -0.496 e. The Hall–Kier alpha value is -8.56. The fraction of sp³-hybridized carbons (Fsp3) is 0.235. The topological polar surface area (TPSA) is 114 Å². The quantitative estimate of drug-likeness (QED) is 0.0562. The van der Waals surface area contributed by atoms with Gasteiger partial charge in [0.15, 0.2) is 5.78 Å². The summed E-state index contributed by atoms with van der Waals surface area (Å²) in [7, 11) is 1.70. The highest BCUT2D eigenvalue weighted by Gasteiger charge is 2.39. The summed E-state index contributed by atoms with van der Waals surface area (Å²) in [5.74, 6) is 2.05. The molecule has 2 aliphatic carbocycles. The van der Waals surface area contributed by atoms with Crippen LogP contribution in [0.2, 0.25) is 0 Å². The molecule has 8 aromatic rings. The van der Waals surface area contributed by atoms with E-state index in [2.05, 4.69) is 61.5 Å². The Kier molecular flexibility index (Phi) is 14.8. The van der Waals surface area contributed by atoms with E-state index in [1.54, 1.807) is 86.8 Å². The van der Waals surface area contributed by atoms with Crippen LogP contribution in [0.4, 0.5) is 0 Å². The zero-order valence-electron chi connectivity index (χ0n) is 44.5. The van der Waals surface area contributed by atoms with E-state index in [0.717, 1.165) is 102 Å². The van der Waals surface area contributed by atoms with Crippen molar-refractivity contribution >= 4 is 23.7 Å². The average molecular weight is 1020 g/mol. The van der Waals surface area contributed by atoms with Crippen molar-refractivity contribution < 1.29 is 42.9 Å². The second kappa shape index (κ2) is 22.0. The van der Waals surface area contributed by atoms with Crippen molar-refractivity contribution in [1.29, 1.82) is 0 Å². The first kappa shape index (κ1) is 51.9. The largest absolute Gasteiger partial charge is 0.496 e. The molecule has 2 saturated carbocycles. The molecule has 0 atom stereocenters. The first-order valence-corrected chi connectivity index (χ1v) is 26.5. The Morgan fingerprint density at radius 2 is 0.649 bits per heavy atom.